The summed E-state index contributed by atoms with van der Waals surface area (Å²) in [6.45, 7) is 1.35. The van der Waals surface area contributed by atoms with Gasteiger partial charge in [-0.15, -0.1) is 0 Å². The van der Waals surface area contributed by atoms with Gasteiger partial charge < -0.3 is 26.5 Å². The molecular formula is C17H22N4O4S. The minimum atomic E-state index is -1.16. The van der Waals surface area contributed by atoms with Gasteiger partial charge in [-0.05, 0) is 18.6 Å². The lowest BCUT2D eigenvalue weighted by atomic mass is 10.0. The molecule has 2 rings (SSSR count). The van der Waals surface area contributed by atoms with Gasteiger partial charge in [-0.2, -0.15) is 12.6 Å². The standard InChI is InChI=1S/C17H22N4O4S/c1-9(17(24)25)20-16(23)14(21-15(22)12(18)8-26)6-10-7-19-13-5-3-2-4-11(10)13/h2-5,7,9,12,14,19,26H,6,8,18H2,1H3,(H,20,23)(H,21,22)(H,24,25)/t9-,12-,14-/m0/s1. The molecule has 3 atom stereocenters. The molecule has 140 valence electrons. The number of nitrogens with one attached hydrogen (secondary N) is 3. The number of amides is 2. The highest BCUT2D eigenvalue weighted by atomic mass is 32.1. The van der Waals surface area contributed by atoms with Crippen molar-refractivity contribution in [1.82, 2.24) is 15.6 Å². The largest absolute Gasteiger partial charge is 0.480 e. The van der Waals surface area contributed by atoms with Gasteiger partial charge in [0.1, 0.15) is 12.1 Å². The van der Waals surface area contributed by atoms with Crippen LogP contribution < -0.4 is 16.4 Å². The van der Waals surface area contributed by atoms with Crippen LogP contribution in [-0.2, 0) is 20.8 Å². The summed E-state index contributed by atoms with van der Waals surface area (Å²) in [6.07, 6.45) is 1.95. The van der Waals surface area contributed by atoms with E-state index in [1.807, 2.05) is 24.3 Å². The number of carbonyl (C=O) groups excluding carboxylic acids is 2. The van der Waals surface area contributed by atoms with E-state index in [2.05, 4.69) is 28.2 Å². The fraction of sp³-hybridized carbons (Fsp3) is 0.353. The Morgan fingerprint density at radius 2 is 1.92 bits per heavy atom. The molecule has 0 aliphatic heterocycles. The van der Waals surface area contributed by atoms with E-state index in [9.17, 15) is 14.4 Å². The van der Waals surface area contributed by atoms with Crippen LogP contribution in [-0.4, -0.2) is 51.8 Å². The maximum absolute atomic E-state index is 12.5. The summed E-state index contributed by atoms with van der Waals surface area (Å²) in [5.74, 6) is -2.16. The van der Waals surface area contributed by atoms with Crippen molar-refractivity contribution in [3.05, 3.63) is 36.0 Å². The summed E-state index contributed by atoms with van der Waals surface area (Å²) >= 11 is 3.98. The van der Waals surface area contributed by atoms with Gasteiger partial charge in [-0.25, -0.2) is 0 Å². The monoisotopic (exact) mass is 378 g/mol. The third-order valence-corrected chi connectivity index (χ3v) is 4.39. The molecule has 0 aliphatic carbocycles. The summed E-state index contributed by atoms with van der Waals surface area (Å²) in [6, 6.07) is 4.64. The third kappa shape index (κ3) is 4.77. The van der Waals surface area contributed by atoms with Crippen molar-refractivity contribution in [3.8, 4) is 0 Å². The number of fused-ring (bicyclic) bond motifs is 1. The Morgan fingerprint density at radius 1 is 1.23 bits per heavy atom. The normalized spacial score (nSPS) is 14.4. The van der Waals surface area contributed by atoms with Gasteiger partial charge in [0.05, 0.1) is 6.04 Å². The highest BCUT2D eigenvalue weighted by Gasteiger charge is 2.26. The minimum Gasteiger partial charge on any atom is -0.480 e. The molecule has 0 radical (unpaired) electrons. The van der Waals surface area contributed by atoms with Gasteiger partial charge in [0, 0.05) is 29.3 Å². The topological polar surface area (TPSA) is 137 Å². The number of aliphatic carboxylic acids is 1. The van der Waals surface area contributed by atoms with Crippen molar-refractivity contribution >= 4 is 41.3 Å². The molecule has 2 amide bonds. The molecule has 0 spiro atoms. The summed E-state index contributed by atoms with van der Waals surface area (Å²) in [5, 5.41) is 14.9. The SMILES string of the molecule is C[C@H](NC(=O)[C@H](Cc1c[nH]c2ccccc12)NC(=O)[C@@H](N)CS)C(=O)O. The number of nitrogens with two attached hydrogens (primary N) is 1. The van der Waals surface area contributed by atoms with Gasteiger partial charge in [0.2, 0.25) is 11.8 Å². The van der Waals surface area contributed by atoms with E-state index in [4.69, 9.17) is 10.8 Å². The molecule has 1 aromatic carbocycles. The van der Waals surface area contributed by atoms with E-state index >= 15 is 0 Å². The Morgan fingerprint density at radius 3 is 2.58 bits per heavy atom. The molecule has 26 heavy (non-hydrogen) atoms. The van der Waals surface area contributed by atoms with Gasteiger partial charge in [0.15, 0.2) is 0 Å². The molecule has 9 heteroatoms. The Bertz CT molecular complexity index is 807. The van der Waals surface area contributed by atoms with Gasteiger partial charge in [-0.3, -0.25) is 14.4 Å². The molecule has 8 nitrogen and oxygen atoms in total. The summed E-state index contributed by atoms with van der Waals surface area (Å²) in [7, 11) is 0. The smallest absolute Gasteiger partial charge is 0.325 e. The highest BCUT2D eigenvalue weighted by molar-refractivity contribution is 7.80. The first kappa shape index (κ1) is 19.8. The van der Waals surface area contributed by atoms with Gasteiger partial charge in [-0.1, -0.05) is 18.2 Å². The molecule has 0 saturated carbocycles. The number of aromatic nitrogens is 1. The van der Waals surface area contributed by atoms with Crippen molar-refractivity contribution in [3.63, 3.8) is 0 Å². The van der Waals surface area contributed by atoms with Gasteiger partial charge >= 0.3 is 5.97 Å². The Hall–Kier alpha value is -2.52. The van der Waals surface area contributed by atoms with Crippen molar-refractivity contribution in [1.29, 1.82) is 0 Å². The number of carboxylic acids is 1. The van der Waals surface area contributed by atoms with Crippen LogP contribution in [0, 0.1) is 0 Å². The zero-order valence-corrected chi connectivity index (χ0v) is 15.1. The van der Waals surface area contributed by atoms with E-state index in [0.717, 1.165) is 16.5 Å². The van der Waals surface area contributed by atoms with Crippen LogP contribution >= 0.6 is 12.6 Å². The fourth-order valence-electron chi connectivity index (χ4n) is 2.47. The zero-order valence-electron chi connectivity index (χ0n) is 14.2. The van der Waals surface area contributed by atoms with E-state index < -0.39 is 35.9 Å². The summed E-state index contributed by atoms with van der Waals surface area (Å²) < 4.78 is 0. The van der Waals surface area contributed by atoms with Crippen LogP contribution in [0.4, 0.5) is 0 Å². The molecule has 2 aromatic rings. The summed E-state index contributed by atoms with van der Waals surface area (Å²) in [4.78, 5) is 38.7. The maximum atomic E-state index is 12.5. The molecule has 0 unspecified atom stereocenters. The Balaban J connectivity index is 2.23. The predicted molar refractivity (Wildman–Crippen MR) is 101 cm³/mol. The average molecular weight is 378 g/mol. The highest BCUT2D eigenvalue weighted by Crippen LogP contribution is 2.19. The zero-order chi connectivity index (χ0) is 19.3. The predicted octanol–water partition coefficient (Wildman–Crippen LogP) is 0.0416. The number of H-pyrrole nitrogens is 1. The van der Waals surface area contributed by atoms with Crippen LogP contribution in [0.2, 0.25) is 0 Å². The maximum Gasteiger partial charge on any atom is 0.325 e. The van der Waals surface area contributed by atoms with Crippen LogP contribution in [0.5, 0.6) is 0 Å². The van der Waals surface area contributed by atoms with Crippen molar-refractivity contribution in [2.75, 3.05) is 5.75 Å². The van der Waals surface area contributed by atoms with Crippen LogP contribution in [0.15, 0.2) is 30.5 Å². The Kier molecular flexibility index (Phi) is 6.64. The number of rotatable bonds is 8. The van der Waals surface area contributed by atoms with Crippen molar-refractivity contribution in [2.24, 2.45) is 5.73 Å². The quantitative estimate of drug-likeness (QED) is 0.360. The number of para-hydroxylation sites is 1. The van der Waals surface area contributed by atoms with E-state index in [-0.39, 0.29) is 12.2 Å². The number of carboxylic acid groups (broad SMARTS) is 1. The Labute approximate surface area is 155 Å². The molecular weight excluding hydrogens is 356 g/mol. The fourth-order valence-corrected chi connectivity index (χ4v) is 2.63. The molecule has 0 saturated heterocycles. The van der Waals surface area contributed by atoms with E-state index in [1.165, 1.54) is 6.92 Å². The molecule has 1 aromatic heterocycles. The second kappa shape index (κ2) is 8.72. The summed E-state index contributed by atoms with van der Waals surface area (Å²) in [5.41, 5.74) is 7.38. The lowest BCUT2D eigenvalue weighted by molar-refractivity contribution is -0.141. The first-order valence-corrected chi connectivity index (χ1v) is 8.71. The lowest BCUT2D eigenvalue weighted by Crippen LogP contribution is -2.55. The lowest BCUT2D eigenvalue weighted by Gasteiger charge is -2.21. The van der Waals surface area contributed by atoms with Crippen molar-refractivity contribution < 1.29 is 19.5 Å². The second-order valence-corrected chi connectivity index (χ2v) is 6.35. The minimum absolute atomic E-state index is 0.124. The number of benzene rings is 1. The van der Waals surface area contributed by atoms with Crippen molar-refractivity contribution in [2.45, 2.75) is 31.5 Å². The second-order valence-electron chi connectivity index (χ2n) is 5.98. The number of carbonyl (C=O) groups is 3. The molecule has 0 fully saturated rings. The van der Waals surface area contributed by atoms with E-state index in [0.29, 0.717) is 0 Å². The number of hydrogen-bond acceptors (Lipinski definition) is 5. The average Bonchev–Trinajstić information content (AvgIpc) is 3.03. The number of thiol groups is 1. The number of hydrogen-bond donors (Lipinski definition) is 6. The molecule has 1 heterocycles. The molecule has 6 N–H and O–H groups in total. The first-order valence-electron chi connectivity index (χ1n) is 8.08. The third-order valence-electron chi connectivity index (χ3n) is 3.99. The van der Waals surface area contributed by atoms with E-state index in [1.54, 1.807) is 6.20 Å². The molecule has 0 aliphatic rings. The van der Waals surface area contributed by atoms with Crippen LogP contribution in [0.3, 0.4) is 0 Å². The van der Waals surface area contributed by atoms with Crippen LogP contribution in [0.25, 0.3) is 10.9 Å². The molecule has 0 bridgehead atoms. The van der Waals surface area contributed by atoms with Crippen LogP contribution in [0.1, 0.15) is 12.5 Å². The number of aromatic amines is 1. The van der Waals surface area contributed by atoms with Gasteiger partial charge in [0.25, 0.3) is 0 Å². The first-order chi connectivity index (χ1) is 12.3.